The lowest BCUT2D eigenvalue weighted by Gasteiger charge is -2.28. The van der Waals surface area contributed by atoms with Crippen LogP contribution in [0.3, 0.4) is 0 Å². The Balaban J connectivity index is 1.68. The van der Waals surface area contributed by atoms with Gasteiger partial charge in [0.1, 0.15) is 25.4 Å². The number of methoxy groups -OCH3 is 1. The molecular formula is C33H29Cl2N5O6S2. The molecule has 6 rings (SSSR count). The zero-order chi connectivity index (χ0) is 34.1. The first kappa shape index (κ1) is 33.7. The van der Waals surface area contributed by atoms with Crippen molar-refractivity contribution in [3.63, 3.8) is 0 Å². The quantitative estimate of drug-likeness (QED) is 0.177. The number of para-hydroxylation sites is 2. The fourth-order valence-electron chi connectivity index (χ4n) is 5.99. The minimum Gasteiger partial charge on any atom is -0.859 e. The number of aromatic hydroxyl groups is 1. The van der Waals surface area contributed by atoms with Crippen LogP contribution in [0.2, 0.25) is 10.0 Å². The summed E-state index contributed by atoms with van der Waals surface area (Å²) in [6, 6.07) is 18.2. The van der Waals surface area contributed by atoms with Crippen LogP contribution in [0.5, 0.6) is 17.5 Å². The summed E-state index contributed by atoms with van der Waals surface area (Å²) in [4.78, 5) is 34.2. The van der Waals surface area contributed by atoms with Gasteiger partial charge in [-0.2, -0.15) is 0 Å². The second-order valence-electron chi connectivity index (χ2n) is 11.1. The average molecular weight is 727 g/mol. The summed E-state index contributed by atoms with van der Waals surface area (Å²) in [6.45, 7) is 3.26. The van der Waals surface area contributed by atoms with Crippen LogP contribution in [0.4, 0.5) is 0 Å². The first-order chi connectivity index (χ1) is 23.1. The molecule has 48 heavy (non-hydrogen) atoms. The molecule has 0 radical (unpaired) electrons. The maximum Gasteiger partial charge on any atom is 0.259 e. The van der Waals surface area contributed by atoms with Crippen LogP contribution in [0, 0.1) is 9.54 Å². The third kappa shape index (κ3) is 6.32. The second kappa shape index (κ2) is 14.1. The minimum absolute atomic E-state index is 0.150. The Kier molecular flexibility index (Phi) is 9.88. The van der Waals surface area contributed by atoms with E-state index in [9.17, 15) is 19.8 Å². The Morgan fingerprint density at radius 2 is 1.48 bits per heavy atom. The lowest BCUT2D eigenvalue weighted by atomic mass is 9.85. The van der Waals surface area contributed by atoms with Crippen LogP contribution in [0.25, 0.3) is 11.4 Å². The van der Waals surface area contributed by atoms with E-state index in [2.05, 4.69) is 9.97 Å². The van der Waals surface area contributed by atoms with E-state index in [0.717, 1.165) is 23.2 Å². The molecule has 1 fully saturated rings. The van der Waals surface area contributed by atoms with Crippen molar-refractivity contribution in [1.82, 2.24) is 19.1 Å². The van der Waals surface area contributed by atoms with Gasteiger partial charge in [-0.25, -0.2) is 0 Å². The molecular weight excluding hydrogens is 697 g/mol. The van der Waals surface area contributed by atoms with Crippen molar-refractivity contribution in [2.75, 3.05) is 33.4 Å². The molecule has 11 nitrogen and oxygen atoms in total. The normalized spacial score (nSPS) is 14.1. The van der Waals surface area contributed by atoms with Crippen molar-refractivity contribution >= 4 is 47.6 Å². The Morgan fingerprint density at radius 3 is 2.08 bits per heavy atom. The van der Waals surface area contributed by atoms with Crippen molar-refractivity contribution in [2.45, 2.75) is 12.5 Å². The summed E-state index contributed by atoms with van der Waals surface area (Å²) in [5, 5.41) is 26.9. The van der Waals surface area contributed by atoms with Crippen LogP contribution in [-0.4, -0.2) is 57.6 Å². The summed E-state index contributed by atoms with van der Waals surface area (Å²) in [5.74, 6) is -2.29. The number of rotatable bonds is 8. The fourth-order valence-corrected chi connectivity index (χ4v) is 6.98. The minimum atomic E-state index is -1.43. The highest BCUT2D eigenvalue weighted by atomic mass is 35.5. The first-order valence-electron chi connectivity index (χ1n) is 14.8. The molecule has 1 unspecified atom stereocenters. The maximum absolute atomic E-state index is 14.5. The monoisotopic (exact) mass is 725 g/mol. The number of nitrogens with zero attached hydrogens (tertiary/aromatic N) is 2. The van der Waals surface area contributed by atoms with E-state index in [0.29, 0.717) is 31.1 Å². The van der Waals surface area contributed by atoms with E-state index in [4.69, 9.17) is 57.1 Å². The SMILES string of the molecule is COc1ccc(C(c2c([O-])n(-c3ccccc3Cl)c(=S)[nH]c2=O)c2c(O)n(-c3ccccc3Cl)c(=S)[nH]c2=O)cc1C[NH+]1CCOCC1. The lowest BCUT2D eigenvalue weighted by molar-refractivity contribution is -0.921. The molecule has 3 heterocycles. The van der Waals surface area contributed by atoms with E-state index in [1.54, 1.807) is 73.8 Å². The van der Waals surface area contributed by atoms with Crippen molar-refractivity contribution in [1.29, 1.82) is 0 Å². The van der Waals surface area contributed by atoms with Crippen molar-refractivity contribution < 1.29 is 24.6 Å². The van der Waals surface area contributed by atoms with Gasteiger partial charge in [-0.1, -0.05) is 53.5 Å². The highest BCUT2D eigenvalue weighted by Gasteiger charge is 2.31. The number of halogens is 2. The van der Waals surface area contributed by atoms with Gasteiger partial charge >= 0.3 is 0 Å². The number of nitrogens with one attached hydrogen (secondary N) is 3. The van der Waals surface area contributed by atoms with Crippen molar-refractivity contribution in [3.05, 3.63) is 129 Å². The Bertz CT molecular complexity index is 2140. The number of hydrogen-bond donors (Lipinski definition) is 4. The number of benzene rings is 3. The number of hydrogen-bond acceptors (Lipinski definition) is 8. The number of ether oxygens (including phenoxy) is 2. The largest absolute Gasteiger partial charge is 0.859 e. The summed E-state index contributed by atoms with van der Waals surface area (Å²) in [5.41, 5.74) is -0.755. The standard InChI is InChI=1S/C33H29Cl2N5O6S2/c1-45-24-11-10-18(16-19(24)17-38-12-14-46-15-13-38)25(26-28(41)36-32(47)39(30(26)43)22-8-4-2-6-20(22)34)27-29(42)37-33(48)40(31(27)44)23-9-5-3-7-21(23)35/h2-11,16,25,43-44H,12-15,17H2,1H3,(H,36,41,47)(H,37,42,48). The van der Waals surface area contributed by atoms with Gasteiger partial charge < -0.3 is 24.6 Å². The lowest BCUT2D eigenvalue weighted by Crippen LogP contribution is -3.12. The molecule has 0 saturated carbocycles. The van der Waals surface area contributed by atoms with Gasteiger partial charge in [0.05, 0.1) is 53.2 Å². The fraction of sp³-hybridized carbons (Fsp3) is 0.212. The Labute approximate surface area is 294 Å². The number of H-pyrrole nitrogens is 2. The molecule has 248 valence electrons. The second-order valence-corrected chi connectivity index (χ2v) is 12.7. The van der Waals surface area contributed by atoms with Gasteiger partial charge in [0.2, 0.25) is 5.88 Å². The van der Waals surface area contributed by atoms with Gasteiger partial charge in [-0.3, -0.25) is 28.7 Å². The number of aromatic amines is 2. The van der Waals surface area contributed by atoms with E-state index >= 15 is 0 Å². The molecule has 3 aromatic carbocycles. The molecule has 0 amide bonds. The number of morpholine rings is 1. The highest BCUT2D eigenvalue weighted by Crippen LogP contribution is 2.40. The summed E-state index contributed by atoms with van der Waals surface area (Å²) < 4.78 is 13.1. The third-order valence-electron chi connectivity index (χ3n) is 8.26. The summed E-state index contributed by atoms with van der Waals surface area (Å²) in [7, 11) is 1.55. The van der Waals surface area contributed by atoms with Crippen molar-refractivity contribution in [2.24, 2.45) is 0 Å². The van der Waals surface area contributed by atoms with Crippen molar-refractivity contribution in [3.8, 4) is 28.9 Å². The molecule has 1 aliphatic rings. The van der Waals surface area contributed by atoms with Crippen LogP contribution in [0.15, 0.2) is 76.3 Å². The topological polar surface area (TPSA) is 142 Å². The van der Waals surface area contributed by atoms with Gasteiger partial charge in [0.25, 0.3) is 11.1 Å². The molecule has 2 aromatic heterocycles. The summed E-state index contributed by atoms with van der Waals surface area (Å²) in [6.07, 6.45) is 0. The molecule has 1 atom stereocenters. The highest BCUT2D eigenvalue weighted by molar-refractivity contribution is 7.71. The Morgan fingerprint density at radius 1 is 0.917 bits per heavy atom. The van der Waals surface area contributed by atoms with Crippen LogP contribution < -0.4 is 25.9 Å². The van der Waals surface area contributed by atoms with Gasteiger partial charge in [0.15, 0.2) is 9.54 Å². The maximum atomic E-state index is 14.5. The molecule has 0 aliphatic carbocycles. The predicted octanol–water partition coefficient (Wildman–Crippen LogP) is 3.79. The zero-order valence-corrected chi connectivity index (χ0v) is 28.6. The number of quaternary nitrogens is 1. The molecule has 5 aromatic rings. The van der Waals surface area contributed by atoms with E-state index < -0.39 is 28.8 Å². The molecule has 1 aliphatic heterocycles. The van der Waals surface area contributed by atoms with Gasteiger partial charge in [0, 0.05) is 11.1 Å². The van der Waals surface area contributed by atoms with E-state index in [1.807, 2.05) is 0 Å². The predicted molar refractivity (Wildman–Crippen MR) is 185 cm³/mol. The van der Waals surface area contributed by atoms with Gasteiger partial charge in [-0.05, 0) is 72.3 Å². The smallest absolute Gasteiger partial charge is 0.259 e. The van der Waals surface area contributed by atoms with E-state index in [-0.39, 0.29) is 42.1 Å². The Hall–Kier alpha value is -4.24. The summed E-state index contributed by atoms with van der Waals surface area (Å²) >= 11 is 23.9. The van der Waals surface area contributed by atoms with Gasteiger partial charge in [-0.15, -0.1) is 0 Å². The molecule has 15 heteroatoms. The van der Waals surface area contributed by atoms with Crippen LogP contribution in [-0.2, 0) is 11.3 Å². The molecule has 0 spiro atoms. The zero-order valence-electron chi connectivity index (χ0n) is 25.4. The molecule has 4 N–H and O–H groups in total. The third-order valence-corrected chi connectivity index (χ3v) is 9.47. The van der Waals surface area contributed by atoms with E-state index in [1.165, 1.54) is 9.47 Å². The average Bonchev–Trinajstić information content (AvgIpc) is 3.06. The van der Waals surface area contributed by atoms with Crippen LogP contribution in [0.1, 0.15) is 28.2 Å². The first-order valence-corrected chi connectivity index (χ1v) is 16.4. The number of aromatic nitrogens is 4. The molecule has 0 bridgehead atoms. The van der Waals surface area contributed by atoms with Crippen LogP contribution >= 0.6 is 47.6 Å². The molecule has 1 saturated heterocycles.